The average molecular weight is 268 g/mol. The van der Waals surface area contributed by atoms with Crippen LogP contribution >= 0.6 is 0 Å². The molecule has 1 fully saturated rings. The van der Waals surface area contributed by atoms with Gasteiger partial charge in [-0.1, -0.05) is 0 Å². The topological polar surface area (TPSA) is 55.6 Å². The summed E-state index contributed by atoms with van der Waals surface area (Å²) >= 11 is 0. The van der Waals surface area contributed by atoms with Gasteiger partial charge in [-0.3, -0.25) is 4.79 Å². The Kier molecular flexibility index (Phi) is 5.87. The Balaban J connectivity index is 2.34. The van der Waals surface area contributed by atoms with Crippen LogP contribution in [0.4, 0.5) is 13.2 Å². The van der Waals surface area contributed by atoms with Gasteiger partial charge in [0.2, 0.25) is 5.91 Å². The third-order valence-corrected chi connectivity index (χ3v) is 2.93. The summed E-state index contributed by atoms with van der Waals surface area (Å²) in [5, 5.41) is 0. The zero-order valence-corrected chi connectivity index (χ0v) is 10.2. The van der Waals surface area contributed by atoms with E-state index in [1.54, 1.807) is 4.90 Å². The summed E-state index contributed by atoms with van der Waals surface area (Å²) < 4.78 is 40.0. The van der Waals surface area contributed by atoms with Crippen molar-refractivity contribution in [3.8, 4) is 0 Å². The van der Waals surface area contributed by atoms with Crippen LogP contribution < -0.4 is 5.73 Å². The van der Waals surface area contributed by atoms with E-state index in [0.29, 0.717) is 19.5 Å². The molecule has 1 aliphatic rings. The third-order valence-electron chi connectivity index (χ3n) is 2.93. The molecule has 0 bridgehead atoms. The van der Waals surface area contributed by atoms with E-state index in [1.165, 1.54) is 0 Å². The first-order valence-electron chi connectivity index (χ1n) is 6.08. The van der Waals surface area contributed by atoms with Crippen molar-refractivity contribution in [3.63, 3.8) is 0 Å². The number of nitrogens with zero attached hydrogens (tertiary/aromatic N) is 1. The molecule has 1 amide bonds. The molecule has 0 spiro atoms. The van der Waals surface area contributed by atoms with Gasteiger partial charge in [0.25, 0.3) is 0 Å². The van der Waals surface area contributed by atoms with Crippen molar-refractivity contribution in [1.29, 1.82) is 0 Å². The van der Waals surface area contributed by atoms with E-state index in [9.17, 15) is 18.0 Å². The summed E-state index contributed by atoms with van der Waals surface area (Å²) in [6.07, 6.45) is -0.855. The highest BCUT2D eigenvalue weighted by atomic mass is 19.4. The lowest BCUT2D eigenvalue weighted by molar-refractivity contribution is -0.178. The van der Waals surface area contributed by atoms with E-state index < -0.39 is 19.4 Å². The highest BCUT2D eigenvalue weighted by molar-refractivity contribution is 5.77. The number of nitrogens with two attached hydrogens (primary N) is 1. The Morgan fingerprint density at radius 3 is 2.50 bits per heavy atom. The molecule has 0 atom stereocenters. The van der Waals surface area contributed by atoms with Crippen molar-refractivity contribution >= 4 is 5.91 Å². The number of halogens is 3. The van der Waals surface area contributed by atoms with Gasteiger partial charge in [0.1, 0.15) is 13.2 Å². The molecule has 7 heteroatoms. The Hall–Kier alpha value is -0.820. The predicted octanol–water partition coefficient (Wildman–Crippen LogP) is 1.30. The second-order valence-electron chi connectivity index (χ2n) is 4.42. The highest BCUT2D eigenvalue weighted by Crippen LogP contribution is 2.25. The summed E-state index contributed by atoms with van der Waals surface area (Å²) in [6.45, 7) is -0.940. The number of hydrogen-bond donors (Lipinski definition) is 1. The van der Waals surface area contributed by atoms with Crippen LogP contribution in [0.2, 0.25) is 0 Å². The van der Waals surface area contributed by atoms with Crippen molar-refractivity contribution in [2.24, 2.45) is 5.73 Å². The smallest absolute Gasteiger partial charge is 0.362 e. The zero-order chi connectivity index (χ0) is 13.6. The maximum absolute atomic E-state index is 11.9. The molecular weight excluding hydrogens is 249 g/mol. The Morgan fingerprint density at radius 1 is 1.39 bits per heavy atom. The van der Waals surface area contributed by atoms with Crippen LogP contribution in [-0.2, 0) is 9.53 Å². The normalized spacial score (nSPS) is 16.4. The van der Waals surface area contributed by atoms with Gasteiger partial charge >= 0.3 is 6.18 Å². The van der Waals surface area contributed by atoms with Gasteiger partial charge in [-0.25, -0.2) is 0 Å². The van der Waals surface area contributed by atoms with E-state index in [1.807, 2.05) is 0 Å². The maximum Gasteiger partial charge on any atom is 0.411 e. The minimum absolute atomic E-state index is 0.151. The molecular formula is C11H19F3N2O2. The Labute approximate surface area is 104 Å². The molecule has 0 saturated heterocycles. The fraction of sp³-hybridized carbons (Fsp3) is 0.909. The van der Waals surface area contributed by atoms with Crippen LogP contribution in [0.25, 0.3) is 0 Å². The van der Waals surface area contributed by atoms with Crippen molar-refractivity contribution in [1.82, 2.24) is 4.90 Å². The van der Waals surface area contributed by atoms with Crippen molar-refractivity contribution < 1.29 is 22.7 Å². The second kappa shape index (κ2) is 6.94. The van der Waals surface area contributed by atoms with Gasteiger partial charge < -0.3 is 15.4 Å². The summed E-state index contributed by atoms with van der Waals surface area (Å²) in [7, 11) is 0. The molecule has 1 rings (SSSR count). The molecule has 0 radical (unpaired) electrons. The molecule has 0 unspecified atom stereocenters. The quantitative estimate of drug-likeness (QED) is 0.757. The van der Waals surface area contributed by atoms with Crippen LogP contribution in [0.3, 0.4) is 0 Å². The predicted molar refractivity (Wildman–Crippen MR) is 59.9 cm³/mol. The minimum Gasteiger partial charge on any atom is -0.362 e. The van der Waals surface area contributed by atoms with Crippen molar-refractivity contribution in [2.45, 2.75) is 37.9 Å². The molecule has 0 heterocycles. The van der Waals surface area contributed by atoms with E-state index in [2.05, 4.69) is 4.74 Å². The number of ether oxygens (including phenoxy) is 1. The number of rotatable bonds is 7. The first kappa shape index (κ1) is 15.2. The van der Waals surface area contributed by atoms with E-state index >= 15 is 0 Å². The molecule has 1 saturated carbocycles. The SMILES string of the molecule is NCCCN(C(=O)COCC(F)(F)F)C1CCC1. The second-order valence-corrected chi connectivity index (χ2v) is 4.42. The third kappa shape index (κ3) is 5.22. The van der Waals surface area contributed by atoms with Crippen molar-refractivity contribution in [2.75, 3.05) is 26.3 Å². The monoisotopic (exact) mass is 268 g/mol. The molecule has 18 heavy (non-hydrogen) atoms. The molecule has 106 valence electrons. The van der Waals surface area contributed by atoms with Gasteiger partial charge in [-0.05, 0) is 32.2 Å². The van der Waals surface area contributed by atoms with Gasteiger partial charge in [-0.15, -0.1) is 0 Å². The first-order valence-corrected chi connectivity index (χ1v) is 6.08. The molecule has 0 aromatic carbocycles. The van der Waals surface area contributed by atoms with E-state index in [0.717, 1.165) is 19.3 Å². The number of carbonyl (C=O) groups excluding carboxylic acids is 1. The van der Waals surface area contributed by atoms with Crippen LogP contribution in [-0.4, -0.2) is 49.3 Å². The summed E-state index contributed by atoms with van der Waals surface area (Å²) in [5.74, 6) is -0.377. The molecule has 4 nitrogen and oxygen atoms in total. The van der Waals surface area contributed by atoms with Crippen LogP contribution in [0.1, 0.15) is 25.7 Å². The Bertz CT molecular complexity index is 268. The average Bonchev–Trinajstić information content (AvgIpc) is 2.19. The zero-order valence-electron chi connectivity index (χ0n) is 10.2. The van der Waals surface area contributed by atoms with Gasteiger partial charge in [-0.2, -0.15) is 13.2 Å². The fourth-order valence-electron chi connectivity index (χ4n) is 1.81. The van der Waals surface area contributed by atoms with Gasteiger partial charge in [0.15, 0.2) is 0 Å². The standard InChI is InChI=1S/C11H19F3N2O2/c12-11(13,14)8-18-7-10(17)16(6-2-5-15)9-3-1-4-9/h9H,1-8,15H2. The van der Waals surface area contributed by atoms with Gasteiger partial charge in [0.05, 0.1) is 0 Å². The van der Waals surface area contributed by atoms with E-state index in [4.69, 9.17) is 5.73 Å². The lowest BCUT2D eigenvalue weighted by atomic mass is 9.91. The molecule has 0 aliphatic heterocycles. The molecule has 1 aliphatic carbocycles. The maximum atomic E-state index is 11.9. The van der Waals surface area contributed by atoms with Crippen LogP contribution in [0.5, 0.6) is 0 Å². The van der Waals surface area contributed by atoms with E-state index in [-0.39, 0.29) is 11.9 Å². The highest BCUT2D eigenvalue weighted by Gasteiger charge is 2.31. The summed E-state index contributed by atoms with van der Waals surface area (Å²) in [5.41, 5.74) is 5.38. The summed E-state index contributed by atoms with van der Waals surface area (Å²) in [6, 6.07) is 0.151. The first-order chi connectivity index (χ1) is 8.44. The van der Waals surface area contributed by atoms with Crippen LogP contribution in [0, 0.1) is 0 Å². The fourth-order valence-corrected chi connectivity index (χ4v) is 1.81. The number of alkyl halides is 3. The number of amides is 1. The van der Waals surface area contributed by atoms with Crippen LogP contribution in [0.15, 0.2) is 0 Å². The van der Waals surface area contributed by atoms with Gasteiger partial charge in [0, 0.05) is 12.6 Å². The number of hydrogen-bond acceptors (Lipinski definition) is 3. The Morgan fingerprint density at radius 2 is 2.06 bits per heavy atom. The molecule has 0 aromatic heterocycles. The lowest BCUT2D eigenvalue weighted by Gasteiger charge is -2.37. The number of carbonyl (C=O) groups is 1. The van der Waals surface area contributed by atoms with Crippen molar-refractivity contribution in [3.05, 3.63) is 0 Å². The minimum atomic E-state index is -4.39. The summed E-state index contributed by atoms with van der Waals surface area (Å²) in [4.78, 5) is 13.4. The molecule has 2 N–H and O–H groups in total. The lowest BCUT2D eigenvalue weighted by Crippen LogP contribution is -2.46. The largest absolute Gasteiger partial charge is 0.411 e. The molecule has 0 aromatic rings.